The van der Waals surface area contributed by atoms with Gasteiger partial charge < -0.3 is 10.5 Å². The number of nitrogens with two attached hydrogens (primary N) is 1. The molecule has 0 heterocycles. The molecule has 1 unspecified atom stereocenters. The van der Waals surface area contributed by atoms with Crippen molar-refractivity contribution in [3.05, 3.63) is 29.8 Å². The summed E-state index contributed by atoms with van der Waals surface area (Å²) in [5.74, 6) is 0.587. The molecule has 16 heavy (non-hydrogen) atoms. The van der Waals surface area contributed by atoms with E-state index in [2.05, 4.69) is 0 Å². The molecule has 0 amide bonds. The highest BCUT2D eigenvalue weighted by molar-refractivity contribution is 5.77. The van der Waals surface area contributed by atoms with Gasteiger partial charge in [-0.3, -0.25) is 0 Å². The summed E-state index contributed by atoms with van der Waals surface area (Å²) >= 11 is 0. The van der Waals surface area contributed by atoms with Crippen molar-refractivity contribution in [3.8, 4) is 5.75 Å². The molecule has 0 fully saturated rings. The van der Waals surface area contributed by atoms with E-state index in [1.807, 2.05) is 39.0 Å². The van der Waals surface area contributed by atoms with Crippen LogP contribution in [0.25, 0.3) is 0 Å². The smallest absolute Gasteiger partial charge is 0.328 e. The van der Waals surface area contributed by atoms with Crippen LogP contribution in [-0.4, -0.2) is 12.0 Å². The van der Waals surface area contributed by atoms with E-state index in [4.69, 9.17) is 10.5 Å². The van der Waals surface area contributed by atoms with Crippen LogP contribution >= 0.6 is 0 Å². The summed E-state index contributed by atoms with van der Waals surface area (Å²) in [6, 6.07) is 6.84. The minimum absolute atomic E-state index is 0.362. The summed E-state index contributed by atoms with van der Waals surface area (Å²) in [6.45, 7) is 6.00. The van der Waals surface area contributed by atoms with E-state index in [1.54, 1.807) is 6.07 Å². The van der Waals surface area contributed by atoms with Crippen molar-refractivity contribution in [2.45, 2.75) is 33.2 Å². The van der Waals surface area contributed by atoms with Gasteiger partial charge in [0.25, 0.3) is 0 Å². The normalized spacial score (nSPS) is 12.6. The zero-order valence-electron chi connectivity index (χ0n) is 10.1. The standard InChI is InChI=1S/C13H19NO2/c1-9(2)7-12(14)13(15)16-11-6-4-5-10(3)8-11/h4-6,8-9,12H,7,14H2,1-3H3. The Morgan fingerprint density at radius 3 is 2.69 bits per heavy atom. The molecule has 1 aromatic carbocycles. The van der Waals surface area contributed by atoms with Gasteiger partial charge in [0.1, 0.15) is 11.8 Å². The second-order valence-electron chi connectivity index (χ2n) is 4.47. The number of carbonyl (C=O) groups excluding carboxylic acids is 1. The number of rotatable bonds is 4. The number of hydrogen-bond donors (Lipinski definition) is 1. The highest BCUT2D eigenvalue weighted by Crippen LogP contribution is 2.14. The molecule has 0 spiro atoms. The lowest BCUT2D eigenvalue weighted by atomic mass is 10.1. The first-order chi connectivity index (χ1) is 7.49. The fraction of sp³-hybridized carbons (Fsp3) is 0.462. The van der Waals surface area contributed by atoms with Gasteiger partial charge in [-0.05, 0) is 37.0 Å². The van der Waals surface area contributed by atoms with Crippen molar-refractivity contribution in [2.24, 2.45) is 11.7 Å². The average Bonchev–Trinajstić information content (AvgIpc) is 2.16. The van der Waals surface area contributed by atoms with Crippen LogP contribution in [0.2, 0.25) is 0 Å². The van der Waals surface area contributed by atoms with Crippen LogP contribution in [0, 0.1) is 12.8 Å². The zero-order chi connectivity index (χ0) is 12.1. The van der Waals surface area contributed by atoms with E-state index in [9.17, 15) is 4.79 Å². The van der Waals surface area contributed by atoms with Crippen molar-refractivity contribution in [1.82, 2.24) is 0 Å². The molecular weight excluding hydrogens is 202 g/mol. The summed E-state index contributed by atoms with van der Waals surface area (Å²) in [6.07, 6.45) is 0.644. The molecule has 2 N–H and O–H groups in total. The Labute approximate surface area is 96.6 Å². The van der Waals surface area contributed by atoms with E-state index in [0.29, 0.717) is 18.1 Å². The van der Waals surface area contributed by atoms with Crippen molar-refractivity contribution in [2.75, 3.05) is 0 Å². The first-order valence-corrected chi connectivity index (χ1v) is 5.53. The van der Waals surface area contributed by atoms with Crippen LogP contribution in [0.15, 0.2) is 24.3 Å². The molecule has 0 bridgehead atoms. The minimum atomic E-state index is -0.541. The average molecular weight is 221 g/mol. The Hall–Kier alpha value is -1.35. The molecule has 0 aromatic heterocycles. The van der Waals surface area contributed by atoms with E-state index >= 15 is 0 Å². The summed E-state index contributed by atoms with van der Waals surface area (Å²) in [7, 11) is 0. The lowest BCUT2D eigenvalue weighted by Gasteiger charge is -2.13. The van der Waals surface area contributed by atoms with Crippen LogP contribution < -0.4 is 10.5 Å². The SMILES string of the molecule is Cc1cccc(OC(=O)C(N)CC(C)C)c1. The third-order valence-electron chi connectivity index (χ3n) is 2.24. The van der Waals surface area contributed by atoms with Crippen molar-refractivity contribution in [1.29, 1.82) is 0 Å². The Bertz CT molecular complexity index is 361. The Kier molecular flexibility index (Phi) is 4.50. The first-order valence-electron chi connectivity index (χ1n) is 5.53. The molecule has 88 valence electrons. The molecule has 0 aliphatic heterocycles. The van der Waals surface area contributed by atoms with E-state index in [1.165, 1.54) is 0 Å². The second-order valence-corrected chi connectivity index (χ2v) is 4.47. The number of esters is 1. The topological polar surface area (TPSA) is 52.3 Å². The van der Waals surface area contributed by atoms with Gasteiger partial charge in [-0.25, -0.2) is 4.79 Å². The Morgan fingerprint density at radius 1 is 1.44 bits per heavy atom. The predicted molar refractivity (Wildman–Crippen MR) is 64.2 cm³/mol. The fourth-order valence-electron chi connectivity index (χ4n) is 1.47. The third kappa shape index (κ3) is 4.03. The van der Waals surface area contributed by atoms with Crippen LogP contribution in [0.4, 0.5) is 0 Å². The number of carbonyl (C=O) groups is 1. The van der Waals surface area contributed by atoms with Crippen LogP contribution in [0.3, 0.4) is 0 Å². The highest BCUT2D eigenvalue weighted by atomic mass is 16.5. The maximum absolute atomic E-state index is 11.6. The second kappa shape index (κ2) is 5.66. The van der Waals surface area contributed by atoms with Crippen molar-refractivity contribution < 1.29 is 9.53 Å². The maximum atomic E-state index is 11.6. The van der Waals surface area contributed by atoms with Gasteiger partial charge in [-0.1, -0.05) is 26.0 Å². The molecule has 1 atom stereocenters. The number of ether oxygens (including phenoxy) is 1. The van der Waals surface area contributed by atoms with Crippen molar-refractivity contribution >= 4 is 5.97 Å². The van der Waals surface area contributed by atoms with Gasteiger partial charge >= 0.3 is 5.97 Å². The molecule has 0 saturated carbocycles. The summed E-state index contributed by atoms with van der Waals surface area (Å²) in [5.41, 5.74) is 6.79. The number of aryl methyl sites for hydroxylation is 1. The molecule has 0 aliphatic rings. The molecular formula is C13H19NO2. The lowest BCUT2D eigenvalue weighted by molar-refractivity contribution is -0.136. The van der Waals surface area contributed by atoms with Crippen LogP contribution in [0.1, 0.15) is 25.8 Å². The van der Waals surface area contributed by atoms with Gasteiger partial charge in [0.15, 0.2) is 0 Å². The molecule has 3 nitrogen and oxygen atoms in total. The van der Waals surface area contributed by atoms with Gasteiger partial charge in [0.2, 0.25) is 0 Å². The molecule has 3 heteroatoms. The number of benzene rings is 1. The fourth-order valence-corrected chi connectivity index (χ4v) is 1.47. The minimum Gasteiger partial charge on any atom is -0.425 e. The quantitative estimate of drug-likeness (QED) is 0.627. The largest absolute Gasteiger partial charge is 0.425 e. The molecule has 0 radical (unpaired) electrons. The van der Waals surface area contributed by atoms with E-state index < -0.39 is 6.04 Å². The predicted octanol–water partition coefficient (Wildman–Crippen LogP) is 2.27. The number of hydrogen-bond acceptors (Lipinski definition) is 3. The van der Waals surface area contributed by atoms with Gasteiger partial charge in [0.05, 0.1) is 0 Å². The first kappa shape index (κ1) is 12.7. The Balaban J connectivity index is 2.57. The van der Waals surface area contributed by atoms with Crippen LogP contribution in [0.5, 0.6) is 5.75 Å². The molecule has 1 aromatic rings. The van der Waals surface area contributed by atoms with Gasteiger partial charge in [0, 0.05) is 0 Å². The summed E-state index contributed by atoms with van der Waals surface area (Å²) < 4.78 is 5.19. The van der Waals surface area contributed by atoms with E-state index in [0.717, 1.165) is 5.56 Å². The maximum Gasteiger partial charge on any atom is 0.328 e. The van der Waals surface area contributed by atoms with Gasteiger partial charge in [-0.15, -0.1) is 0 Å². The summed E-state index contributed by atoms with van der Waals surface area (Å²) in [5, 5.41) is 0. The van der Waals surface area contributed by atoms with E-state index in [-0.39, 0.29) is 5.97 Å². The van der Waals surface area contributed by atoms with Crippen LogP contribution in [-0.2, 0) is 4.79 Å². The molecule has 1 rings (SSSR count). The Morgan fingerprint density at radius 2 is 2.12 bits per heavy atom. The molecule has 0 aliphatic carbocycles. The summed E-state index contributed by atoms with van der Waals surface area (Å²) in [4.78, 5) is 11.6. The monoisotopic (exact) mass is 221 g/mol. The zero-order valence-corrected chi connectivity index (χ0v) is 10.1. The highest BCUT2D eigenvalue weighted by Gasteiger charge is 2.17. The van der Waals surface area contributed by atoms with Crippen molar-refractivity contribution in [3.63, 3.8) is 0 Å². The lowest BCUT2D eigenvalue weighted by Crippen LogP contribution is -2.35. The third-order valence-corrected chi connectivity index (χ3v) is 2.24. The van der Waals surface area contributed by atoms with Gasteiger partial charge in [-0.2, -0.15) is 0 Å². The molecule has 0 saturated heterocycles.